The van der Waals surface area contributed by atoms with Crippen LogP contribution in [0, 0.1) is 0 Å². The van der Waals surface area contributed by atoms with E-state index >= 15 is 0 Å². The minimum Gasteiger partial charge on any atom is -0.480 e. The number of methoxy groups -OCH3 is 1. The Morgan fingerprint density at radius 1 is 1.50 bits per heavy atom. The molecule has 0 heterocycles. The fraction of sp³-hybridized carbons (Fsp3) is 0.923. The van der Waals surface area contributed by atoms with Crippen molar-refractivity contribution in [3.63, 3.8) is 0 Å². The predicted octanol–water partition coefficient (Wildman–Crippen LogP) is 1.17. The normalized spacial score (nSPS) is 33.6. The Morgan fingerprint density at radius 2 is 2.22 bits per heavy atom. The summed E-state index contributed by atoms with van der Waals surface area (Å²) in [4.78, 5) is 11.5. The van der Waals surface area contributed by atoms with Crippen LogP contribution in [-0.4, -0.2) is 48.6 Å². The van der Waals surface area contributed by atoms with Crippen molar-refractivity contribution in [2.45, 2.75) is 62.8 Å². The van der Waals surface area contributed by atoms with Crippen molar-refractivity contribution in [2.24, 2.45) is 0 Å². The molecule has 0 aromatic rings. The van der Waals surface area contributed by atoms with Gasteiger partial charge in [-0.05, 0) is 32.6 Å². The summed E-state index contributed by atoms with van der Waals surface area (Å²) in [7, 11) is 1.64. The van der Waals surface area contributed by atoms with Gasteiger partial charge in [0.2, 0.25) is 0 Å². The second-order valence-corrected chi connectivity index (χ2v) is 5.57. The first-order valence-electron chi connectivity index (χ1n) is 6.71. The van der Waals surface area contributed by atoms with E-state index in [1.165, 1.54) is 0 Å². The van der Waals surface area contributed by atoms with E-state index in [9.17, 15) is 9.90 Å². The van der Waals surface area contributed by atoms with Gasteiger partial charge in [-0.2, -0.15) is 0 Å². The van der Waals surface area contributed by atoms with E-state index in [0.29, 0.717) is 25.5 Å². The highest BCUT2D eigenvalue weighted by molar-refractivity contribution is 5.79. The number of nitrogens with one attached hydrogen (secondary N) is 1. The lowest BCUT2D eigenvalue weighted by Crippen LogP contribution is -2.51. The number of carboxylic acids is 1. The average Bonchev–Trinajstić information content (AvgIpc) is 3.00. The molecule has 0 radical (unpaired) electrons. The van der Waals surface area contributed by atoms with Crippen molar-refractivity contribution in [1.82, 2.24) is 5.32 Å². The lowest BCUT2D eigenvalue weighted by atomic mass is 9.97. The van der Waals surface area contributed by atoms with Gasteiger partial charge in [-0.3, -0.25) is 10.1 Å². The van der Waals surface area contributed by atoms with Crippen LogP contribution in [0.25, 0.3) is 0 Å². The fourth-order valence-electron chi connectivity index (χ4n) is 2.72. The molecule has 5 heteroatoms. The summed E-state index contributed by atoms with van der Waals surface area (Å²) in [6, 6.07) is 0.399. The highest BCUT2D eigenvalue weighted by Gasteiger charge is 2.48. The molecule has 2 saturated carbocycles. The highest BCUT2D eigenvalue weighted by Crippen LogP contribution is 2.36. The molecule has 2 fully saturated rings. The van der Waals surface area contributed by atoms with Gasteiger partial charge < -0.3 is 14.6 Å². The number of hydrogen-bond acceptors (Lipinski definition) is 4. The molecule has 0 aromatic heterocycles. The SMILES string of the molecule is COCC(C)OC1CCC(NC2CC2)(C(=O)O)C1. The van der Waals surface area contributed by atoms with Gasteiger partial charge in [0.15, 0.2) is 0 Å². The molecule has 18 heavy (non-hydrogen) atoms. The second kappa shape index (κ2) is 5.55. The number of aliphatic carboxylic acids is 1. The first kappa shape index (κ1) is 13.8. The lowest BCUT2D eigenvalue weighted by molar-refractivity contribution is -0.145. The van der Waals surface area contributed by atoms with Gasteiger partial charge in [0.1, 0.15) is 5.54 Å². The van der Waals surface area contributed by atoms with Crippen LogP contribution in [0.5, 0.6) is 0 Å². The molecular formula is C13H23NO4. The van der Waals surface area contributed by atoms with E-state index in [4.69, 9.17) is 9.47 Å². The van der Waals surface area contributed by atoms with Crippen LogP contribution in [0.1, 0.15) is 39.0 Å². The minimum atomic E-state index is -0.765. The van der Waals surface area contributed by atoms with Gasteiger partial charge in [-0.15, -0.1) is 0 Å². The van der Waals surface area contributed by atoms with Crippen molar-refractivity contribution < 1.29 is 19.4 Å². The van der Waals surface area contributed by atoms with E-state index in [0.717, 1.165) is 19.3 Å². The summed E-state index contributed by atoms with van der Waals surface area (Å²) in [5, 5.41) is 12.7. The Labute approximate surface area is 108 Å². The van der Waals surface area contributed by atoms with E-state index in [2.05, 4.69) is 5.32 Å². The number of ether oxygens (including phenoxy) is 2. The third-order valence-electron chi connectivity index (χ3n) is 3.76. The van der Waals surface area contributed by atoms with Crippen LogP contribution < -0.4 is 5.32 Å². The Balaban J connectivity index is 1.88. The Hall–Kier alpha value is -0.650. The summed E-state index contributed by atoms with van der Waals surface area (Å²) in [5.74, 6) is -0.736. The Morgan fingerprint density at radius 3 is 2.78 bits per heavy atom. The van der Waals surface area contributed by atoms with Gasteiger partial charge in [0, 0.05) is 19.6 Å². The van der Waals surface area contributed by atoms with Gasteiger partial charge >= 0.3 is 5.97 Å². The molecule has 2 N–H and O–H groups in total. The molecule has 0 bridgehead atoms. The molecule has 5 nitrogen and oxygen atoms in total. The van der Waals surface area contributed by atoms with Crippen LogP contribution in [0.3, 0.4) is 0 Å². The topological polar surface area (TPSA) is 67.8 Å². The minimum absolute atomic E-state index is 0.0190. The van der Waals surface area contributed by atoms with Crippen LogP contribution in [0.2, 0.25) is 0 Å². The van der Waals surface area contributed by atoms with Gasteiger partial charge in [-0.1, -0.05) is 0 Å². The third kappa shape index (κ3) is 3.22. The summed E-state index contributed by atoms with van der Waals surface area (Å²) in [6.07, 6.45) is 4.26. The van der Waals surface area contributed by atoms with Crippen molar-refractivity contribution in [3.05, 3.63) is 0 Å². The average molecular weight is 257 g/mol. The molecule has 2 aliphatic carbocycles. The monoisotopic (exact) mass is 257 g/mol. The van der Waals surface area contributed by atoms with Crippen molar-refractivity contribution in [1.29, 1.82) is 0 Å². The van der Waals surface area contributed by atoms with Crippen molar-refractivity contribution in [2.75, 3.05) is 13.7 Å². The number of carbonyl (C=O) groups is 1. The Kier molecular flexibility index (Phi) is 4.25. The maximum absolute atomic E-state index is 11.5. The quantitative estimate of drug-likeness (QED) is 0.716. The summed E-state index contributed by atoms with van der Waals surface area (Å²) >= 11 is 0. The molecular weight excluding hydrogens is 234 g/mol. The zero-order valence-corrected chi connectivity index (χ0v) is 11.1. The largest absolute Gasteiger partial charge is 0.480 e. The van der Waals surface area contributed by atoms with E-state index < -0.39 is 11.5 Å². The fourth-order valence-corrected chi connectivity index (χ4v) is 2.72. The van der Waals surface area contributed by atoms with Gasteiger partial charge in [0.25, 0.3) is 0 Å². The molecule has 0 saturated heterocycles. The number of hydrogen-bond donors (Lipinski definition) is 2. The zero-order chi connectivity index (χ0) is 13.2. The smallest absolute Gasteiger partial charge is 0.324 e. The van der Waals surface area contributed by atoms with Gasteiger partial charge in [-0.25, -0.2) is 0 Å². The lowest BCUT2D eigenvalue weighted by Gasteiger charge is -2.26. The molecule has 0 amide bonds. The van der Waals surface area contributed by atoms with Gasteiger partial charge in [0.05, 0.1) is 18.8 Å². The van der Waals surface area contributed by atoms with E-state index in [1.807, 2.05) is 6.92 Å². The van der Waals surface area contributed by atoms with E-state index in [-0.39, 0.29) is 12.2 Å². The number of carboxylic acid groups (broad SMARTS) is 1. The molecule has 0 spiro atoms. The highest BCUT2D eigenvalue weighted by atomic mass is 16.5. The standard InChI is InChI=1S/C13H23NO4/c1-9(8-17-2)18-11-5-6-13(7-11,12(15)16)14-10-3-4-10/h9-11,14H,3-8H2,1-2H3,(H,15,16). The van der Waals surface area contributed by atoms with Crippen molar-refractivity contribution in [3.8, 4) is 0 Å². The maximum atomic E-state index is 11.5. The molecule has 2 rings (SSSR count). The molecule has 104 valence electrons. The van der Waals surface area contributed by atoms with E-state index in [1.54, 1.807) is 7.11 Å². The Bertz CT molecular complexity index is 305. The molecule has 2 aliphatic rings. The maximum Gasteiger partial charge on any atom is 0.324 e. The van der Waals surface area contributed by atoms with Crippen LogP contribution in [0.15, 0.2) is 0 Å². The van der Waals surface area contributed by atoms with Crippen LogP contribution >= 0.6 is 0 Å². The molecule has 3 unspecified atom stereocenters. The predicted molar refractivity (Wildman–Crippen MR) is 66.6 cm³/mol. The van der Waals surface area contributed by atoms with Crippen molar-refractivity contribution >= 4 is 5.97 Å². The molecule has 0 aromatic carbocycles. The first-order chi connectivity index (χ1) is 8.55. The number of rotatable bonds is 7. The van der Waals surface area contributed by atoms with Crippen LogP contribution in [-0.2, 0) is 14.3 Å². The third-order valence-corrected chi connectivity index (χ3v) is 3.76. The van der Waals surface area contributed by atoms with Crippen LogP contribution in [0.4, 0.5) is 0 Å². The molecule has 3 atom stereocenters. The first-order valence-corrected chi connectivity index (χ1v) is 6.71. The molecule has 0 aliphatic heterocycles. The summed E-state index contributed by atoms with van der Waals surface area (Å²) < 4.78 is 10.9. The summed E-state index contributed by atoms with van der Waals surface area (Å²) in [6.45, 7) is 2.51. The zero-order valence-electron chi connectivity index (χ0n) is 11.1. The summed E-state index contributed by atoms with van der Waals surface area (Å²) in [5.41, 5.74) is -0.765. The second-order valence-electron chi connectivity index (χ2n) is 5.57.